The van der Waals surface area contributed by atoms with Gasteiger partial charge in [-0.1, -0.05) is 52.4 Å². The van der Waals surface area contributed by atoms with Gasteiger partial charge in [0.25, 0.3) is 11.4 Å². The number of hydrogen-bond acceptors (Lipinski definition) is 7. The van der Waals surface area contributed by atoms with Crippen LogP contribution in [-0.4, -0.2) is 9.85 Å². The zero-order valence-corrected chi connectivity index (χ0v) is 22.5. The molecular formula is C26H37N2O7P. The van der Waals surface area contributed by atoms with E-state index in [9.17, 15) is 24.8 Å². The summed E-state index contributed by atoms with van der Waals surface area (Å²) in [6, 6.07) is 12.2. The first-order valence-electron chi connectivity index (χ1n) is 12.5. The Morgan fingerprint density at radius 1 is 0.694 bits per heavy atom. The molecule has 36 heavy (non-hydrogen) atoms. The molecule has 2 rings (SSSR count). The maximum absolute atomic E-state index is 13.4. The highest BCUT2D eigenvalue weighted by atomic mass is 31.1. The normalized spacial score (nSPS) is 15.6. The molecule has 0 amide bonds. The zero-order valence-electron chi connectivity index (χ0n) is 21.5. The van der Waals surface area contributed by atoms with Gasteiger partial charge in [-0.2, -0.15) is 0 Å². The van der Waals surface area contributed by atoms with E-state index in [1.54, 1.807) is 24.3 Å². The Labute approximate surface area is 213 Å². The summed E-state index contributed by atoms with van der Waals surface area (Å²) in [6.07, 6.45) is 6.72. The van der Waals surface area contributed by atoms with Crippen LogP contribution in [-0.2, 0) is 24.8 Å². The molecule has 0 N–H and O–H groups in total. The highest BCUT2D eigenvalue weighted by Crippen LogP contribution is 2.47. The summed E-state index contributed by atoms with van der Waals surface area (Å²) in [6.45, 7) is 7.83. The van der Waals surface area contributed by atoms with Crippen molar-refractivity contribution in [1.29, 1.82) is 0 Å². The predicted molar refractivity (Wildman–Crippen MR) is 140 cm³/mol. The van der Waals surface area contributed by atoms with Crippen LogP contribution in [0.5, 0.6) is 0 Å². The van der Waals surface area contributed by atoms with Crippen molar-refractivity contribution in [3.63, 3.8) is 0 Å². The van der Waals surface area contributed by atoms with Crippen LogP contribution in [0.1, 0.15) is 90.2 Å². The van der Waals surface area contributed by atoms with Gasteiger partial charge < -0.3 is 0 Å². The molecule has 0 heterocycles. The fraction of sp³-hybridized carbons (Fsp3) is 0.538. The molecule has 0 radical (unpaired) electrons. The monoisotopic (exact) mass is 520 g/mol. The fourth-order valence-electron chi connectivity index (χ4n) is 4.19. The highest BCUT2D eigenvalue weighted by Gasteiger charge is 2.35. The minimum atomic E-state index is -3.04. The lowest BCUT2D eigenvalue weighted by molar-refractivity contribution is -0.385. The van der Waals surface area contributed by atoms with Gasteiger partial charge in [-0.05, 0) is 62.1 Å². The molecule has 0 saturated heterocycles. The van der Waals surface area contributed by atoms with Gasteiger partial charge >= 0.3 is 8.25 Å². The minimum Gasteiger partial charge on any atom is -0.299 e. The lowest BCUT2D eigenvalue weighted by atomic mass is 9.90. The summed E-state index contributed by atoms with van der Waals surface area (Å²) in [4.78, 5) is 21.2. The summed E-state index contributed by atoms with van der Waals surface area (Å²) >= 11 is 0. The van der Waals surface area contributed by atoms with E-state index in [-0.39, 0.29) is 11.4 Å². The largest absolute Gasteiger partial charge is 0.320 e. The van der Waals surface area contributed by atoms with Crippen molar-refractivity contribution in [2.24, 2.45) is 0 Å². The van der Waals surface area contributed by atoms with Crippen molar-refractivity contribution in [3.8, 4) is 0 Å². The van der Waals surface area contributed by atoms with Gasteiger partial charge in [0.15, 0.2) is 0 Å². The quantitative estimate of drug-likeness (QED) is 0.0945. The minimum absolute atomic E-state index is 0.0276. The first-order valence-corrected chi connectivity index (χ1v) is 13.7. The molecule has 0 fully saturated rings. The van der Waals surface area contributed by atoms with E-state index in [0.717, 1.165) is 38.5 Å². The third-order valence-corrected chi connectivity index (χ3v) is 7.74. The Kier molecular flexibility index (Phi) is 11.2. The summed E-state index contributed by atoms with van der Waals surface area (Å²) in [5.41, 5.74) is -0.593. The number of non-ortho nitro benzene ring substituents is 2. The van der Waals surface area contributed by atoms with Crippen molar-refractivity contribution in [2.45, 2.75) is 90.3 Å². The number of nitro benzene ring substituents is 2. The molecular weight excluding hydrogens is 483 g/mol. The first kappa shape index (κ1) is 29.6. The van der Waals surface area contributed by atoms with Gasteiger partial charge in [0.1, 0.15) is 0 Å². The van der Waals surface area contributed by atoms with Gasteiger partial charge in [-0.15, -0.1) is 0 Å². The van der Waals surface area contributed by atoms with E-state index in [4.69, 9.17) is 9.05 Å². The molecule has 0 aromatic heterocycles. The van der Waals surface area contributed by atoms with Gasteiger partial charge in [0.2, 0.25) is 0 Å². The topological polar surface area (TPSA) is 122 Å². The van der Waals surface area contributed by atoms with Crippen LogP contribution < -0.4 is 0 Å². The van der Waals surface area contributed by atoms with Crippen LogP contribution in [0.2, 0.25) is 0 Å². The van der Waals surface area contributed by atoms with Crippen LogP contribution >= 0.6 is 8.25 Å². The second-order valence-electron chi connectivity index (χ2n) is 9.44. The summed E-state index contributed by atoms with van der Waals surface area (Å²) < 4.78 is 25.6. The number of hydrogen-bond donors (Lipinski definition) is 0. The molecule has 0 aliphatic rings. The molecule has 9 nitrogen and oxygen atoms in total. The lowest BCUT2D eigenvalue weighted by Gasteiger charge is -2.34. The molecule has 0 aliphatic heterocycles. The summed E-state index contributed by atoms with van der Waals surface area (Å²) in [5, 5.41) is 22.2. The molecule has 10 heteroatoms. The highest BCUT2D eigenvalue weighted by molar-refractivity contribution is 7.33. The lowest BCUT2D eigenvalue weighted by Crippen LogP contribution is -2.27. The Morgan fingerprint density at radius 2 is 1.03 bits per heavy atom. The smallest absolute Gasteiger partial charge is 0.299 e. The average molecular weight is 521 g/mol. The molecule has 0 aliphatic carbocycles. The SMILES string of the molecule is CCCCCC(C)(O[PH](=O)OC(C)(CCCCC)c1ccc([N+](=O)[O-])cc1)c1ccc([N+](=O)[O-])cc1. The van der Waals surface area contributed by atoms with E-state index >= 15 is 0 Å². The van der Waals surface area contributed by atoms with Gasteiger partial charge in [0, 0.05) is 24.3 Å². The predicted octanol–water partition coefficient (Wildman–Crippen LogP) is 8.22. The number of rotatable bonds is 16. The standard InChI is InChI=1S/C26H37N2O7P/c1-5-7-9-19-25(3,21-11-15-23(16-12-21)27(29)30)34-36(33)35-26(4,20-10-8-6-2)22-13-17-24(18-14-22)28(31)32/h11-18,36H,5-10,19-20H2,1-4H3. The molecule has 0 bridgehead atoms. The third kappa shape index (κ3) is 8.22. The van der Waals surface area contributed by atoms with Crippen molar-refractivity contribution in [1.82, 2.24) is 0 Å². The van der Waals surface area contributed by atoms with E-state index in [0.29, 0.717) is 24.0 Å². The maximum atomic E-state index is 13.4. The third-order valence-electron chi connectivity index (χ3n) is 6.51. The van der Waals surface area contributed by atoms with Crippen LogP contribution in [0.4, 0.5) is 11.4 Å². The van der Waals surface area contributed by atoms with Crippen LogP contribution in [0, 0.1) is 20.2 Å². The average Bonchev–Trinajstić information content (AvgIpc) is 2.84. The van der Waals surface area contributed by atoms with Crippen molar-refractivity contribution in [2.75, 3.05) is 0 Å². The van der Waals surface area contributed by atoms with E-state index < -0.39 is 29.3 Å². The Morgan fingerprint density at radius 3 is 1.31 bits per heavy atom. The van der Waals surface area contributed by atoms with Gasteiger partial charge in [0.05, 0.1) is 21.0 Å². The molecule has 2 atom stereocenters. The van der Waals surface area contributed by atoms with Gasteiger partial charge in [-0.25, -0.2) is 0 Å². The second kappa shape index (κ2) is 13.6. The molecule has 0 saturated carbocycles. The molecule has 2 unspecified atom stereocenters. The van der Waals surface area contributed by atoms with E-state index in [1.165, 1.54) is 24.3 Å². The molecule has 0 spiro atoms. The number of benzene rings is 2. The van der Waals surface area contributed by atoms with Crippen LogP contribution in [0.15, 0.2) is 48.5 Å². The van der Waals surface area contributed by atoms with Crippen molar-refractivity contribution in [3.05, 3.63) is 79.9 Å². The Hall–Kier alpha value is -2.61. The fourth-order valence-corrected chi connectivity index (χ4v) is 5.41. The number of nitro groups is 2. The molecule has 2 aromatic carbocycles. The first-order chi connectivity index (χ1) is 17.0. The number of nitrogens with zero attached hydrogens (tertiary/aromatic N) is 2. The van der Waals surface area contributed by atoms with Gasteiger partial charge in [-0.3, -0.25) is 33.8 Å². The second-order valence-corrected chi connectivity index (χ2v) is 10.3. The van der Waals surface area contributed by atoms with Crippen LogP contribution in [0.25, 0.3) is 0 Å². The van der Waals surface area contributed by atoms with Crippen LogP contribution in [0.3, 0.4) is 0 Å². The summed E-state index contributed by atoms with van der Waals surface area (Å²) in [7, 11) is -3.04. The molecule has 2 aromatic rings. The van der Waals surface area contributed by atoms with E-state index in [2.05, 4.69) is 13.8 Å². The van der Waals surface area contributed by atoms with E-state index in [1.807, 2.05) is 13.8 Å². The zero-order chi connectivity index (χ0) is 26.8. The Bertz CT molecular complexity index is 948. The maximum Gasteiger partial charge on any atom is 0.320 e. The van der Waals surface area contributed by atoms with Crippen molar-refractivity contribution >= 4 is 19.6 Å². The number of unbranched alkanes of at least 4 members (excludes halogenated alkanes) is 4. The summed E-state index contributed by atoms with van der Waals surface area (Å²) in [5.74, 6) is 0. The van der Waals surface area contributed by atoms with Crippen molar-refractivity contribution < 1.29 is 23.5 Å². The Balaban J connectivity index is 2.31. The molecule has 198 valence electrons.